The number of carbonyl (C=O) groups excluding carboxylic acids is 1. The van der Waals surface area contributed by atoms with E-state index in [4.69, 9.17) is 0 Å². The molecule has 0 bridgehead atoms. The van der Waals surface area contributed by atoms with Crippen LogP contribution in [0.1, 0.15) is 23.0 Å². The zero-order valence-corrected chi connectivity index (χ0v) is 11.4. The summed E-state index contributed by atoms with van der Waals surface area (Å²) in [6.45, 7) is 2.65. The molecule has 92 valence electrons. The smallest absolute Gasteiger partial charge is 0.270 e. The van der Waals surface area contributed by atoms with E-state index in [1.165, 1.54) is 0 Å². The number of halogens is 1. The Kier molecular flexibility index (Phi) is 2.52. The van der Waals surface area contributed by atoms with Crippen molar-refractivity contribution in [3.8, 4) is 0 Å². The van der Waals surface area contributed by atoms with Gasteiger partial charge in [0.15, 0.2) is 0 Å². The number of benzene rings is 1. The molecular formula is C13H12BrN3O. The van der Waals surface area contributed by atoms with Crippen LogP contribution in [0.25, 0.3) is 0 Å². The van der Waals surface area contributed by atoms with Crippen molar-refractivity contribution in [2.45, 2.75) is 19.0 Å². The summed E-state index contributed by atoms with van der Waals surface area (Å²) in [4.78, 5) is 12.0. The van der Waals surface area contributed by atoms with E-state index in [9.17, 15) is 4.79 Å². The van der Waals surface area contributed by atoms with Crippen molar-refractivity contribution in [3.05, 3.63) is 52.3 Å². The zero-order valence-electron chi connectivity index (χ0n) is 9.85. The molecule has 1 aliphatic heterocycles. The molecule has 1 atom stereocenters. The highest BCUT2D eigenvalue weighted by Crippen LogP contribution is 2.28. The van der Waals surface area contributed by atoms with Gasteiger partial charge in [-0.15, -0.1) is 0 Å². The maximum atomic E-state index is 12.0. The number of hydrogen-bond donors (Lipinski definition) is 1. The highest BCUT2D eigenvalue weighted by Gasteiger charge is 2.35. The normalized spacial score (nSPS) is 22.4. The lowest BCUT2D eigenvalue weighted by molar-refractivity contribution is 0.0839. The van der Waals surface area contributed by atoms with E-state index in [2.05, 4.69) is 26.3 Å². The van der Waals surface area contributed by atoms with Crippen LogP contribution in [0, 0.1) is 0 Å². The van der Waals surface area contributed by atoms with Crippen LogP contribution in [0.4, 0.5) is 0 Å². The number of rotatable bonds is 1. The fourth-order valence-electron chi connectivity index (χ4n) is 2.30. The molecule has 3 rings (SSSR count). The Morgan fingerprint density at radius 2 is 2.28 bits per heavy atom. The molecule has 1 aliphatic rings. The van der Waals surface area contributed by atoms with Gasteiger partial charge >= 0.3 is 0 Å². The van der Waals surface area contributed by atoms with Gasteiger partial charge in [-0.3, -0.25) is 9.48 Å². The summed E-state index contributed by atoms with van der Waals surface area (Å²) in [6.07, 6.45) is 1.65. The highest BCUT2D eigenvalue weighted by atomic mass is 79.9. The number of nitrogens with zero attached hydrogens (tertiary/aromatic N) is 2. The van der Waals surface area contributed by atoms with E-state index in [1.807, 2.05) is 31.2 Å². The molecule has 1 aromatic carbocycles. The third kappa shape index (κ3) is 1.75. The lowest BCUT2D eigenvalue weighted by atomic mass is 9.90. The summed E-state index contributed by atoms with van der Waals surface area (Å²) in [6, 6.07) is 9.70. The third-order valence-corrected chi connectivity index (χ3v) is 3.76. The van der Waals surface area contributed by atoms with Crippen LogP contribution in [-0.4, -0.2) is 15.7 Å². The number of nitrogens with one attached hydrogen (secondary N) is 1. The molecule has 0 aliphatic carbocycles. The van der Waals surface area contributed by atoms with Crippen molar-refractivity contribution in [2.75, 3.05) is 0 Å². The molecular weight excluding hydrogens is 294 g/mol. The largest absolute Gasteiger partial charge is 0.340 e. The van der Waals surface area contributed by atoms with E-state index in [0.29, 0.717) is 12.2 Å². The van der Waals surface area contributed by atoms with E-state index in [1.54, 1.807) is 16.9 Å². The molecule has 4 nitrogen and oxygen atoms in total. The first kappa shape index (κ1) is 11.5. The van der Waals surface area contributed by atoms with Crippen molar-refractivity contribution in [2.24, 2.45) is 0 Å². The van der Waals surface area contributed by atoms with E-state index < -0.39 is 5.54 Å². The van der Waals surface area contributed by atoms with Crippen molar-refractivity contribution in [1.82, 2.24) is 15.1 Å². The van der Waals surface area contributed by atoms with E-state index in [-0.39, 0.29) is 5.91 Å². The van der Waals surface area contributed by atoms with Gasteiger partial charge in [0.25, 0.3) is 5.91 Å². The second-order valence-corrected chi connectivity index (χ2v) is 5.59. The topological polar surface area (TPSA) is 46.9 Å². The average Bonchev–Trinajstić information content (AvgIpc) is 2.77. The van der Waals surface area contributed by atoms with Gasteiger partial charge in [0.1, 0.15) is 5.69 Å². The quantitative estimate of drug-likeness (QED) is 0.879. The van der Waals surface area contributed by atoms with Crippen LogP contribution in [-0.2, 0) is 12.1 Å². The zero-order chi connectivity index (χ0) is 12.8. The van der Waals surface area contributed by atoms with Crippen molar-refractivity contribution in [1.29, 1.82) is 0 Å². The molecule has 1 N–H and O–H groups in total. The second-order valence-electron chi connectivity index (χ2n) is 4.67. The van der Waals surface area contributed by atoms with Gasteiger partial charge < -0.3 is 5.32 Å². The Bertz CT molecular complexity index is 622. The van der Waals surface area contributed by atoms with E-state index in [0.717, 1.165) is 10.0 Å². The van der Waals surface area contributed by atoms with Gasteiger partial charge in [0, 0.05) is 10.7 Å². The molecule has 0 saturated heterocycles. The summed E-state index contributed by atoms with van der Waals surface area (Å²) >= 11 is 3.46. The number of hydrogen-bond acceptors (Lipinski definition) is 2. The summed E-state index contributed by atoms with van der Waals surface area (Å²) in [7, 11) is 0. The minimum Gasteiger partial charge on any atom is -0.340 e. The van der Waals surface area contributed by atoms with Crippen molar-refractivity contribution in [3.63, 3.8) is 0 Å². The maximum Gasteiger partial charge on any atom is 0.270 e. The Morgan fingerprint density at radius 3 is 3.06 bits per heavy atom. The average molecular weight is 306 g/mol. The summed E-state index contributed by atoms with van der Waals surface area (Å²) < 4.78 is 2.75. The number of fused-ring (bicyclic) bond motifs is 1. The second kappa shape index (κ2) is 3.95. The summed E-state index contributed by atoms with van der Waals surface area (Å²) in [5, 5.41) is 7.25. The van der Waals surface area contributed by atoms with Gasteiger partial charge in [-0.2, -0.15) is 5.10 Å². The maximum absolute atomic E-state index is 12.0. The fraction of sp³-hybridized carbons (Fsp3) is 0.231. The molecule has 5 heteroatoms. The summed E-state index contributed by atoms with van der Waals surface area (Å²) in [5.41, 5.74) is 1.24. The number of carbonyl (C=O) groups is 1. The fourth-order valence-corrected chi connectivity index (χ4v) is 2.70. The molecule has 0 radical (unpaired) electrons. The monoisotopic (exact) mass is 305 g/mol. The third-order valence-electron chi connectivity index (χ3n) is 3.27. The first-order chi connectivity index (χ1) is 8.58. The minimum absolute atomic E-state index is 0.0822. The van der Waals surface area contributed by atoms with Crippen LogP contribution in [0.3, 0.4) is 0 Å². The lowest BCUT2D eigenvalue weighted by Gasteiger charge is -2.35. The Morgan fingerprint density at radius 1 is 1.44 bits per heavy atom. The molecule has 2 aromatic rings. The number of aromatic nitrogens is 2. The van der Waals surface area contributed by atoms with Crippen LogP contribution in [0.5, 0.6) is 0 Å². The van der Waals surface area contributed by atoms with Crippen LogP contribution in [0.15, 0.2) is 41.0 Å². The van der Waals surface area contributed by atoms with E-state index >= 15 is 0 Å². The SMILES string of the molecule is CC1(c2cccc(Br)c2)Cn2nccc2C(=O)N1. The summed E-state index contributed by atoms with van der Waals surface area (Å²) in [5.74, 6) is -0.0822. The van der Waals surface area contributed by atoms with Crippen LogP contribution < -0.4 is 5.32 Å². The predicted molar refractivity (Wildman–Crippen MR) is 71.2 cm³/mol. The van der Waals surface area contributed by atoms with Crippen molar-refractivity contribution >= 4 is 21.8 Å². The predicted octanol–water partition coefficient (Wildman–Crippen LogP) is 2.30. The molecule has 1 unspecified atom stereocenters. The van der Waals surface area contributed by atoms with Crippen LogP contribution >= 0.6 is 15.9 Å². The molecule has 1 amide bonds. The molecule has 0 saturated carbocycles. The van der Waals surface area contributed by atoms with Gasteiger partial charge in [-0.25, -0.2) is 0 Å². The highest BCUT2D eigenvalue weighted by molar-refractivity contribution is 9.10. The Labute approximate surface area is 113 Å². The first-order valence-corrected chi connectivity index (χ1v) is 6.48. The van der Waals surface area contributed by atoms with Crippen molar-refractivity contribution < 1.29 is 4.79 Å². The van der Waals surface area contributed by atoms with Gasteiger partial charge in [-0.1, -0.05) is 28.1 Å². The Balaban J connectivity index is 2.05. The molecule has 18 heavy (non-hydrogen) atoms. The standard InChI is InChI=1S/C13H12BrN3O/c1-13(9-3-2-4-10(14)7-9)8-17-11(5-6-15-17)12(18)16-13/h2-7H,8H2,1H3,(H,16,18). The minimum atomic E-state index is -0.431. The molecule has 1 aromatic heterocycles. The lowest BCUT2D eigenvalue weighted by Crippen LogP contribution is -2.51. The Hall–Kier alpha value is -1.62. The first-order valence-electron chi connectivity index (χ1n) is 5.69. The molecule has 0 spiro atoms. The van der Waals surface area contributed by atoms with Crippen LogP contribution in [0.2, 0.25) is 0 Å². The van der Waals surface area contributed by atoms with Gasteiger partial charge in [0.05, 0.1) is 12.1 Å². The number of amides is 1. The van der Waals surface area contributed by atoms with Gasteiger partial charge in [0.2, 0.25) is 0 Å². The molecule has 2 heterocycles. The molecule has 0 fully saturated rings. The van der Waals surface area contributed by atoms with Gasteiger partial charge in [-0.05, 0) is 30.7 Å².